The largest absolute Gasteiger partial charge is 1.00 e. The molecule has 3 rings (SSSR count). The smallest absolute Gasteiger partial charge is 0.545 e. The average Bonchev–Trinajstić information content (AvgIpc) is 3.17. The summed E-state index contributed by atoms with van der Waals surface area (Å²) < 4.78 is 26.6. The molecule has 0 spiro atoms. The number of aromatic carboxylic acids is 1. The number of amides is 1. The molecule has 1 aliphatic heterocycles. The minimum absolute atomic E-state index is 0. The monoisotopic (exact) mass is 396 g/mol. The molecule has 27 heavy (non-hydrogen) atoms. The van der Waals surface area contributed by atoms with Crippen LogP contribution in [0.1, 0.15) is 33.6 Å². The van der Waals surface area contributed by atoms with E-state index in [9.17, 15) is 23.1 Å². The van der Waals surface area contributed by atoms with Gasteiger partial charge < -0.3 is 15.2 Å². The van der Waals surface area contributed by atoms with Crippen molar-refractivity contribution >= 4 is 27.6 Å². The maximum Gasteiger partial charge on any atom is 1.00 e. The number of sulfonamides is 1. The first-order valence-corrected chi connectivity index (χ1v) is 9.55. The number of anilines is 1. The Morgan fingerprint density at radius 3 is 2.26 bits per heavy atom. The topological polar surface area (TPSA) is 107 Å². The fourth-order valence-corrected chi connectivity index (χ4v) is 4.37. The SMILES string of the molecule is O=C([O-])c1cccc(NC(=O)c2cccc(S(=O)(=O)N3CCCC3)c2)c1.[Na+]. The molecule has 9 heteroatoms. The molecule has 1 N–H and O–H groups in total. The molecule has 2 aromatic carbocycles. The van der Waals surface area contributed by atoms with Crippen LogP contribution in [0.4, 0.5) is 5.69 Å². The van der Waals surface area contributed by atoms with Crippen molar-refractivity contribution in [3.8, 4) is 0 Å². The molecule has 0 radical (unpaired) electrons. The van der Waals surface area contributed by atoms with Crippen LogP contribution in [0.5, 0.6) is 0 Å². The first-order chi connectivity index (χ1) is 12.4. The van der Waals surface area contributed by atoms with Crippen molar-refractivity contribution in [2.24, 2.45) is 0 Å². The van der Waals surface area contributed by atoms with Gasteiger partial charge in [-0.05, 0) is 48.7 Å². The summed E-state index contributed by atoms with van der Waals surface area (Å²) in [5, 5.41) is 13.5. The van der Waals surface area contributed by atoms with Gasteiger partial charge in [0, 0.05) is 24.3 Å². The molecule has 0 atom stereocenters. The Kier molecular flexibility index (Phi) is 7.19. The van der Waals surface area contributed by atoms with Gasteiger partial charge in [0.15, 0.2) is 0 Å². The molecule has 1 amide bonds. The van der Waals surface area contributed by atoms with E-state index in [0.29, 0.717) is 13.1 Å². The van der Waals surface area contributed by atoms with Crippen LogP contribution in [-0.4, -0.2) is 37.7 Å². The predicted molar refractivity (Wildman–Crippen MR) is 93.2 cm³/mol. The standard InChI is InChI=1S/C18H18N2O5S.Na/c21-17(19-15-7-3-6-14(11-15)18(22)23)13-5-4-8-16(12-13)26(24,25)20-9-1-2-10-20;/h3-8,11-12H,1-2,9-10H2,(H,19,21)(H,22,23);/q;+1/p-1. The van der Waals surface area contributed by atoms with E-state index in [-0.39, 0.29) is 51.3 Å². The molecular weight excluding hydrogens is 379 g/mol. The van der Waals surface area contributed by atoms with E-state index in [4.69, 9.17) is 0 Å². The third-order valence-corrected chi connectivity index (χ3v) is 6.05. The van der Waals surface area contributed by atoms with Crippen LogP contribution in [-0.2, 0) is 10.0 Å². The van der Waals surface area contributed by atoms with Gasteiger partial charge in [-0.3, -0.25) is 4.79 Å². The second-order valence-corrected chi connectivity index (χ2v) is 7.90. The van der Waals surface area contributed by atoms with Gasteiger partial charge in [0.05, 0.1) is 10.9 Å². The first kappa shape index (κ1) is 21.6. The van der Waals surface area contributed by atoms with E-state index in [1.807, 2.05) is 0 Å². The zero-order valence-corrected chi connectivity index (χ0v) is 17.7. The number of nitrogens with zero attached hydrogens (tertiary/aromatic N) is 1. The molecule has 1 saturated heterocycles. The third kappa shape index (κ3) is 4.97. The number of carboxylic acid groups (broad SMARTS) is 1. The molecule has 0 aliphatic carbocycles. The van der Waals surface area contributed by atoms with Crippen LogP contribution in [0, 0.1) is 0 Å². The molecular formula is C18H17N2NaO5S. The van der Waals surface area contributed by atoms with E-state index in [0.717, 1.165) is 12.8 Å². The van der Waals surface area contributed by atoms with Gasteiger partial charge in [0.25, 0.3) is 5.91 Å². The Balaban J connectivity index is 0.00000261. The average molecular weight is 396 g/mol. The van der Waals surface area contributed by atoms with E-state index < -0.39 is 21.9 Å². The van der Waals surface area contributed by atoms with Crippen LogP contribution in [0.2, 0.25) is 0 Å². The number of hydrogen-bond donors (Lipinski definition) is 1. The van der Waals surface area contributed by atoms with Gasteiger partial charge in [-0.2, -0.15) is 4.31 Å². The van der Waals surface area contributed by atoms with Gasteiger partial charge in [-0.25, -0.2) is 8.42 Å². The van der Waals surface area contributed by atoms with Crippen molar-refractivity contribution in [1.82, 2.24) is 4.31 Å². The summed E-state index contributed by atoms with van der Waals surface area (Å²) in [5.74, 6) is -1.88. The Bertz CT molecular complexity index is 956. The molecule has 0 unspecified atom stereocenters. The van der Waals surface area contributed by atoms with Crippen LogP contribution >= 0.6 is 0 Å². The molecule has 0 bridgehead atoms. The third-order valence-electron chi connectivity index (χ3n) is 4.16. The molecule has 0 saturated carbocycles. The molecule has 2 aromatic rings. The number of carboxylic acids is 1. The van der Waals surface area contributed by atoms with Gasteiger partial charge in [0.2, 0.25) is 10.0 Å². The molecule has 1 fully saturated rings. The Hall–Kier alpha value is -1.71. The summed E-state index contributed by atoms with van der Waals surface area (Å²) >= 11 is 0. The fraction of sp³-hybridized carbons (Fsp3) is 0.222. The Labute approximate surface area is 179 Å². The van der Waals surface area contributed by atoms with Crippen molar-refractivity contribution in [3.63, 3.8) is 0 Å². The minimum atomic E-state index is -3.62. The maximum absolute atomic E-state index is 12.6. The zero-order valence-electron chi connectivity index (χ0n) is 14.8. The summed E-state index contributed by atoms with van der Waals surface area (Å²) in [6.45, 7) is 0.962. The van der Waals surface area contributed by atoms with Crippen molar-refractivity contribution in [2.75, 3.05) is 18.4 Å². The number of hydrogen-bond acceptors (Lipinski definition) is 5. The van der Waals surface area contributed by atoms with Crippen molar-refractivity contribution in [3.05, 3.63) is 59.7 Å². The molecule has 136 valence electrons. The van der Waals surface area contributed by atoms with Gasteiger partial charge >= 0.3 is 29.6 Å². The van der Waals surface area contributed by atoms with Gasteiger partial charge in [-0.15, -0.1) is 0 Å². The molecule has 0 aromatic heterocycles. The Morgan fingerprint density at radius 1 is 0.963 bits per heavy atom. The van der Waals surface area contributed by atoms with Crippen LogP contribution < -0.4 is 40.0 Å². The minimum Gasteiger partial charge on any atom is -0.545 e. The summed E-state index contributed by atoms with van der Waals surface area (Å²) in [5.41, 5.74) is 0.391. The number of carbonyl (C=O) groups excluding carboxylic acids is 2. The number of benzene rings is 2. The van der Waals surface area contributed by atoms with Crippen molar-refractivity contribution in [2.45, 2.75) is 17.7 Å². The summed E-state index contributed by atoms with van der Waals surface area (Å²) in [6.07, 6.45) is 1.66. The molecule has 1 heterocycles. The van der Waals surface area contributed by atoms with E-state index in [1.54, 1.807) is 0 Å². The van der Waals surface area contributed by atoms with Crippen LogP contribution in [0.3, 0.4) is 0 Å². The van der Waals surface area contributed by atoms with Gasteiger partial charge in [-0.1, -0.05) is 18.2 Å². The number of rotatable bonds is 5. The predicted octanol–water partition coefficient (Wildman–Crippen LogP) is -1.91. The van der Waals surface area contributed by atoms with Crippen LogP contribution in [0.25, 0.3) is 0 Å². The van der Waals surface area contributed by atoms with E-state index in [2.05, 4.69) is 5.32 Å². The second kappa shape index (κ2) is 8.99. The van der Waals surface area contributed by atoms with E-state index in [1.165, 1.54) is 52.8 Å². The zero-order chi connectivity index (χ0) is 18.7. The number of nitrogens with one attached hydrogen (secondary N) is 1. The molecule has 1 aliphatic rings. The van der Waals surface area contributed by atoms with Gasteiger partial charge in [0.1, 0.15) is 0 Å². The summed E-state index contributed by atoms with van der Waals surface area (Å²) in [7, 11) is -3.62. The summed E-state index contributed by atoms with van der Waals surface area (Å²) in [4.78, 5) is 23.4. The molecule has 7 nitrogen and oxygen atoms in total. The summed E-state index contributed by atoms with van der Waals surface area (Å²) in [6, 6.07) is 11.4. The van der Waals surface area contributed by atoms with E-state index >= 15 is 0 Å². The quantitative estimate of drug-likeness (QED) is 0.594. The second-order valence-electron chi connectivity index (χ2n) is 5.96. The number of carbonyl (C=O) groups is 2. The Morgan fingerprint density at radius 2 is 1.59 bits per heavy atom. The normalized spacial score (nSPS) is 14.4. The van der Waals surface area contributed by atoms with Crippen molar-refractivity contribution in [1.29, 1.82) is 0 Å². The maximum atomic E-state index is 12.6. The fourth-order valence-electron chi connectivity index (χ4n) is 2.80. The first-order valence-electron chi connectivity index (χ1n) is 8.11. The van der Waals surface area contributed by atoms with Crippen LogP contribution in [0.15, 0.2) is 53.4 Å². The van der Waals surface area contributed by atoms with Crippen molar-refractivity contribution < 1.29 is 52.7 Å².